The van der Waals surface area contributed by atoms with Gasteiger partial charge in [-0.05, 0) is 48.6 Å². The van der Waals surface area contributed by atoms with Crippen LogP contribution in [0.15, 0.2) is 42.9 Å². The highest BCUT2D eigenvalue weighted by atomic mass is 35.5. The molecule has 0 bridgehead atoms. The first-order chi connectivity index (χ1) is 16.7. The Hall–Kier alpha value is -3.18. The molecule has 3 aromatic rings. The van der Waals surface area contributed by atoms with Crippen molar-refractivity contribution < 1.29 is 4.74 Å². The van der Waals surface area contributed by atoms with Gasteiger partial charge in [-0.25, -0.2) is 4.98 Å². The van der Waals surface area contributed by atoms with Gasteiger partial charge in [-0.3, -0.25) is 10.4 Å². The molecule has 1 fully saturated rings. The predicted octanol–water partition coefficient (Wildman–Crippen LogP) is 5.22. The van der Waals surface area contributed by atoms with Crippen molar-refractivity contribution in [3.63, 3.8) is 0 Å². The van der Waals surface area contributed by atoms with Crippen LogP contribution in [0.2, 0.25) is 10.0 Å². The fraction of sp³-hybridized carbons (Fsp3) is 0.308. The molecule has 7 nitrogen and oxygen atoms in total. The van der Waals surface area contributed by atoms with Gasteiger partial charge in [0.2, 0.25) is 0 Å². The lowest BCUT2D eigenvalue weighted by Crippen LogP contribution is -2.61. The van der Waals surface area contributed by atoms with E-state index in [0.29, 0.717) is 57.8 Å². The summed E-state index contributed by atoms with van der Waals surface area (Å²) in [6.07, 6.45) is 5.44. The van der Waals surface area contributed by atoms with Gasteiger partial charge in [-0.1, -0.05) is 36.2 Å². The molecule has 3 heterocycles. The van der Waals surface area contributed by atoms with Crippen molar-refractivity contribution in [1.29, 1.82) is 10.7 Å². The normalized spacial score (nSPS) is 15.3. The number of hydrogen-bond acceptors (Lipinski definition) is 7. The summed E-state index contributed by atoms with van der Waals surface area (Å²) < 4.78 is 5.49. The Morgan fingerprint density at radius 3 is 2.57 bits per heavy atom. The van der Waals surface area contributed by atoms with E-state index >= 15 is 0 Å². The highest BCUT2D eigenvalue weighted by Crippen LogP contribution is 2.34. The second-order valence-electron chi connectivity index (χ2n) is 9.14. The first-order valence-corrected chi connectivity index (χ1v) is 11.9. The van der Waals surface area contributed by atoms with E-state index in [9.17, 15) is 5.26 Å². The van der Waals surface area contributed by atoms with Crippen LogP contribution in [0.4, 0.5) is 11.5 Å². The van der Waals surface area contributed by atoms with E-state index in [1.54, 1.807) is 37.8 Å². The molecule has 1 aromatic carbocycles. The lowest BCUT2D eigenvalue weighted by molar-refractivity contribution is -0.0171. The van der Waals surface area contributed by atoms with E-state index in [4.69, 9.17) is 39.1 Å². The van der Waals surface area contributed by atoms with Crippen LogP contribution in [0.3, 0.4) is 0 Å². The van der Waals surface area contributed by atoms with Gasteiger partial charge in [-0.2, -0.15) is 5.26 Å². The molecule has 0 saturated carbocycles. The Labute approximate surface area is 215 Å². The number of rotatable bonds is 7. The smallest absolute Gasteiger partial charge is 0.146 e. The topological polar surface area (TPSA) is 112 Å². The monoisotopic (exact) mass is 508 g/mol. The lowest BCUT2D eigenvalue weighted by Gasteiger charge is -2.47. The molecule has 0 radical (unpaired) electrons. The summed E-state index contributed by atoms with van der Waals surface area (Å²) in [7, 11) is 1.68. The molecule has 180 valence electrons. The first kappa shape index (κ1) is 24.9. The number of nitrogen functional groups attached to an aromatic ring is 1. The molecule has 35 heavy (non-hydrogen) atoms. The number of nitrogens with two attached hydrogens (primary N) is 1. The van der Waals surface area contributed by atoms with Crippen LogP contribution in [0.1, 0.15) is 47.6 Å². The number of halogens is 2. The molecule has 0 spiro atoms. The summed E-state index contributed by atoms with van der Waals surface area (Å²) in [5.74, 6) is 0.629. The van der Waals surface area contributed by atoms with Gasteiger partial charge in [0.15, 0.2) is 0 Å². The number of anilines is 2. The maximum Gasteiger partial charge on any atom is 0.146 e. The standard InChI is InChI=1S/C26H26Cl2N6O/c1-15(23-20(27)11-32-12-21(23)28)6-16-4-5-22(30)19(7-16)24(31)18-8-17(9-29)25(33-10-18)34-13-26(2,14-34)35-3/h4-5,7-8,10-12,15,31H,6,13-14,30H2,1-3H3/t15-/m0/s1. The highest BCUT2D eigenvalue weighted by Gasteiger charge is 2.40. The van der Waals surface area contributed by atoms with Gasteiger partial charge in [0.1, 0.15) is 11.9 Å². The zero-order valence-corrected chi connectivity index (χ0v) is 21.3. The molecule has 1 aliphatic rings. The van der Waals surface area contributed by atoms with Crippen LogP contribution < -0.4 is 10.6 Å². The van der Waals surface area contributed by atoms with E-state index in [1.807, 2.05) is 30.9 Å². The van der Waals surface area contributed by atoms with Gasteiger partial charge < -0.3 is 15.4 Å². The molecule has 0 unspecified atom stereocenters. The molecular formula is C26H26Cl2N6O. The summed E-state index contributed by atoms with van der Waals surface area (Å²) in [6, 6.07) is 9.53. The molecule has 4 rings (SSSR count). The number of hydrogen-bond donors (Lipinski definition) is 2. The molecule has 1 aliphatic heterocycles. The van der Waals surface area contributed by atoms with Gasteiger partial charge in [-0.15, -0.1) is 0 Å². The van der Waals surface area contributed by atoms with Crippen LogP contribution in [0.5, 0.6) is 0 Å². The average molecular weight is 509 g/mol. The number of ether oxygens (including phenoxy) is 1. The number of nitriles is 1. The summed E-state index contributed by atoms with van der Waals surface area (Å²) in [6.45, 7) is 5.37. The number of nitrogens with one attached hydrogen (secondary N) is 1. The van der Waals surface area contributed by atoms with Crippen LogP contribution in [-0.2, 0) is 11.2 Å². The van der Waals surface area contributed by atoms with Crippen molar-refractivity contribution in [2.24, 2.45) is 0 Å². The highest BCUT2D eigenvalue weighted by molar-refractivity contribution is 6.35. The van der Waals surface area contributed by atoms with Crippen LogP contribution >= 0.6 is 23.2 Å². The van der Waals surface area contributed by atoms with Crippen molar-refractivity contribution in [3.8, 4) is 6.07 Å². The fourth-order valence-electron chi connectivity index (χ4n) is 4.42. The molecule has 2 aromatic heterocycles. The molecule has 9 heteroatoms. The van der Waals surface area contributed by atoms with Crippen molar-refractivity contribution >= 4 is 40.4 Å². The second kappa shape index (κ2) is 9.82. The zero-order valence-electron chi connectivity index (χ0n) is 19.8. The molecule has 0 amide bonds. The number of pyridine rings is 2. The molecule has 1 atom stereocenters. The fourth-order valence-corrected chi connectivity index (χ4v) is 5.16. The van der Waals surface area contributed by atoms with E-state index in [2.05, 4.69) is 16.0 Å². The minimum Gasteiger partial charge on any atom is -0.398 e. The Morgan fingerprint density at radius 2 is 1.94 bits per heavy atom. The molecule has 1 saturated heterocycles. The molecular weight excluding hydrogens is 483 g/mol. The summed E-state index contributed by atoms with van der Waals surface area (Å²) in [5, 5.41) is 19.6. The Morgan fingerprint density at radius 1 is 1.26 bits per heavy atom. The number of aromatic nitrogens is 2. The van der Waals surface area contributed by atoms with Gasteiger partial charge in [0.05, 0.1) is 26.9 Å². The largest absolute Gasteiger partial charge is 0.398 e. The third-order valence-corrected chi connectivity index (χ3v) is 7.03. The zero-order chi connectivity index (χ0) is 25.3. The number of methoxy groups -OCH3 is 1. The molecule has 0 aliphatic carbocycles. The molecule has 3 N–H and O–H groups in total. The maximum absolute atomic E-state index is 9.73. The minimum atomic E-state index is -0.240. The minimum absolute atomic E-state index is 0.0316. The third-order valence-electron chi connectivity index (χ3n) is 6.43. The van der Waals surface area contributed by atoms with Crippen LogP contribution in [0.25, 0.3) is 0 Å². The number of nitrogens with zero attached hydrogens (tertiary/aromatic N) is 4. The van der Waals surface area contributed by atoms with E-state index < -0.39 is 0 Å². The Kier molecular flexibility index (Phi) is 7.00. The average Bonchev–Trinajstić information content (AvgIpc) is 2.82. The summed E-state index contributed by atoms with van der Waals surface area (Å²) in [4.78, 5) is 10.5. The van der Waals surface area contributed by atoms with Crippen molar-refractivity contribution in [2.75, 3.05) is 30.8 Å². The lowest BCUT2D eigenvalue weighted by atomic mass is 9.91. The number of benzene rings is 1. The van der Waals surface area contributed by atoms with Gasteiger partial charge in [0.25, 0.3) is 0 Å². The SMILES string of the molecule is COC1(C)CN(c2ncc(C(=N)c3cc(C[C@H](C)c4c(Cl)cncc4Cl)ccc3N)cc2C#N)C1. The van der Waals surface area contributed by atoms with Crippen LogP contribution in [0, 0.1) is 16.7 Å². The van der Waals surface area contributed by atoms with Gasteiger partial charge >= 0.3 is 0 Å². The van der Waals surface area contributed by atoms with Crippen LogP contribution in [-0.4, -0.2) is 41.5 Å². The van der Waals surface area contributed by atoms with E-state index in [1.165, 1.54) is 0 Å². The second-order valence-corrected chi connectivity index (χ2v) is 9.95. The van der Waals surface area contributed by atoms with E-state index in [0.717, 1.165) is 11.1 Å². The first-order valence-electron chi connectivity index (χ1n) is 11.1. The van der Waals surface area contributed by atoms with Crippen molar-refractivity contribution in [2.45, 2.75) is 31.8 Å². The Balaban J connectivity index is 1.58. The van der Waals surface area contributed by atoms with Gasteiger partial charge in [0, 0.05) is 55.6 Å². The third kappa shape index (κ3) is 4.96. The predicted molar refractivity (Wildman–Crippen MR) is 140 cm³/mol. The Bertz CT molecular complexity index is 1310. The quantitative estimate of drug-likeness (QED) is 0.334. The van der Waals surface area contributed by atoms with Crippen molar-refractivity contribution in [3.05, 3.63) is 80.7 Å². The van der Waals surface area contributed by atoms with E-state index in [-0.39, 0.29) is 17.2 Å². The van der Waals surface area contributed by atoms with Crippen molar-refractivity contribution in [1.82, 2.24) is 9.97 Å². The summed E-state index contributed by atoms with van der Waals surface area (Å²) >= 11 is 12.7. The summed E-state index contributed by atoms with van der Waals surface area (Å²) in [5.41, 5.74) is 10.0. The maximum atomic E-state index is 9.73.